The van der Waals surface area contributed by atoms with Gasteiger partial charge in [0.05, 0.1) is 12.8 Å². The van der Waals surface area contributed by atoms with Crippen molar-refractivity contribution in [2.75, 3.05) is 10.9 Å². The topological polar surface area (TPSA) is 107 Å². The Bertz CT molecular complexity index is 1160. The number of hydrogen-bond acceptors (Lipinski definition) is 7. The molecule has 1 amide bonds. The number of rotatable bonds is 5. The van der Waals surface area contributed by atoms with E-state index in [4.69, 9.17) is 4.74 Å². The van der Waals surface area contributed by atoms with Crippen molar-refractivity contribution in [1.29, 1.82) is 0 Å². The number of anilines is 1. The number of halogens is 3. The monoisotopic (exact) mass is 415 g/mol. The summed E-state index contributed by atoms with van der Waals surface area (Å²) in [5.41, 5.74) is -1.69. The van der Waals surface area contributed by atoms with Gasteiger partial charge in [-0.2, -0.15) is 22.2 Å². The number of carbonyl (C=O) groups is 1. The van der Waals surface area contributed by atoms with Crippen LogP contribution in [-0.2, 0) is 14.8 Å². The second kappa shape index (κ2) is 7.07. The van der Waals surface area contributed by atoms with Gasteiger partial charge in [-0.15, -0.1) is 5.10 Å². The molecule has 148 valence electrons. The highest BCUT2D eigenvalue weighted by atomic mass is 32.2. The van der Waals surface area contributed by atoms with Crippen LogP contribution in [0.25, 0.3) is 5.65 Å². The third-order valence-electron chi connectivity index (χ3n) is 3.44. The number of nitrogens with zero attached hydrogens (tertiary/aromatic N) is 5. The van der Waals surface area contributed by atoms with Crippen LogP contribution >= 0.6 is 0 Å². The molecule has 0 bridgehead atoms. The van der Waals surface area contributed by atoms with Crippen molar-refractivity contribution in [2.45, 2.75) is 19.0 Å². The molecule has 0 unspecified atom stereocenters. The third-order valence-corrected chi connectivity index (χ3v) is 5.00. The Labute approximate surface area is 156 Å². The summed E-state index contributed by atoms with van der Waals surface area (Å²) in [6, 6.07) is 2.28. The lowest BCUT2D eigenvalue weighted by Gasteiger charge is -2.20. The summed E-state index contributed by atoms with van der Waals surface area (Å²) in [6.45, 7) is 2.49. The first-order chi connectivity index (χ1) is 13.2. The van der Waals surface area contributed by atoms with Crippen LogP contribution in [0.5, 0.6) is 6.01 Å². The number of para-hydroxylation sites is 1. The second-order valence-electron chi connectivity index (χ2n) is 5.31. The molecule has 0 saturated carbocycles. The Morgan fingerprint density at radius 3 is 2.43 bits per heavy atom. The molecule has 2 heterocycles. The quantitative estimate of drug-likeness (QED) is 0.624. The molecule has 9 nitrogen and oxygen atoms in total. The van der Waals surface area contributed by atoms with E-state index in [2.05, 4.69) is 15.1 Å². The molecule has 1 aromatic carbocycles. The van der Waals surface area contributed by atoms with E-state index in [-0.39, 0.29) is 16.9 Å². The molecule has 0 spiro atoms. The summed E-state index contributed by atoms with van der Waals surface area (Å²) in [5, 5.41) is 2.53. The normalized spacial score (nSPS) is 11.6. The first-order valence-electron chi connectivity index (χ1n) is 7.72. The summed E-state index contributed by atoms with van der Waals surface area (Å²) in [6.07, 6.45) is 0.741. The molecule has 2 aromatic heterocycles. The molecule has 0 atom stereocenters. The SMILES string of the molecule is CCOc1ncc(F)c2nc(S(=O)(=O)N(C(C)=O)c3c(F)cccc3F)nn12. The molecule has 0 aliphatic rings. The number of ether oxygens (including phenoxy) is 1. The van der Waals surface area contributed by atoms with E-state index < -0.39 is 49.9 Å². The van der Waals surface area contributed by atoms with E-state index in [9.17, 15) is 26.4 Å². The Kier molecular flexibility index (Phi) is 4.93. The van der Waals surface area contributed by atoms with Gasteiger partial charge < -0.3 is 4.74 Å². The highest BCUT2D eigenvalue weighted by molar-refractivity contribution is 7.93. The van der Waals surface area contributed by atoms with E-state index in [0.29, 0.717) is 4.52 Å². The van der Waals surface area contributed by atoms with E-state index in [1.165, 1.54) is 0 Å². The van der Waals surface area contributed by atoms with Crippen molar-refractivity contribution in [3.05, 3.63) is 41.8 Å². The van der Waals surface area contributed by atoms with Crippen LogP contribution in [0.15, 0.2) is 29.6 Å². The van der Waals surface area contributed by atoms with Crippen molar-refractivity contribution in [3.8, 4) is 6.01 Å². The van der Waals surface area contributed by atoms with Crippen LogP contribution in [0, 0.1) is 17.5 Å². The van der Waals surface area contributed by atoms with Crippen LogP contribution in [0.4, 0.5) is 18.9 Å². The van der Waals surface area contributed by atoms with Gasteiger partial charge in [0.25, 0.3) is 5.16 Å². The maximum Gasteiger partial charge on any atom is 0.319 e. The molecule has 13 heteroatoms. The number of carbonyl (C=O) groups excluding carboxylic acids is 1. The van der Waals surface area contributed by atoms with E-state index in [1.54, 1.807) is 6.92 Å². The number of fused-ring (bicyclic) bond motifs is 1. The van der Waals surface area contributed by atoms with E-state index in [1.807, 2.05) is 0 Å². The molecular formula is C15H12F3N5O4S. The number of sulfonamides is 1. The first kappa shape index (κ1) is 19.5. The van der Waals surface area contributed by atoms with Gasteiger partial charge in [0.2, 0.25) is 5.91 Å². The lowest BCUT2D eigenvalue weighted by Crippen LogP contribution is -2.37. The molecule has 0 fully saturated rings. The molecule has 0 N–H and O–H groups in total. The van der Waals surface area contributed by atoms with Gasteiger partial charge in [-0.1, -0.05) is 6.07 Å². The molecule has 28 heavy (non-hydrogen) atoms. The Morgan fingerprint density at radius 2 is 1.86 bits per heavy atom. The van der Waals surface area contributed by atoms with Gasteiger partial charge in [-0.25, -0.2) is 18.2 Å². The lowest BCUT2D eigenvalue weighted by molar-refractivity contribution is -0.115. The maximum absolute atomic E-state index is 14.1. The second-order valence-corrected chi connectivity index (χ2v) is 6.99. The van der Waals surface area contributed by atoms with Crippen molar-refractivity contribution in [1.82, 2.24) is 19.6 Å². The van der Waals surface area contributed by atoms with Gasteiger partial charge in [0, 0.05) is 6.92 Å². The van der Waals surface area contributed by atoms with Crippen molar-refractivity contribution >= 4 is 27.3 Å². The largest absolute Gasteiger partial charge is 0.464 e. The summed E-state index contributed by atoms with van der Waals surface area (Å²) in [7, 11) is -5.00. The predicted molar refractivity (Wildman–Crippen MR) is 88.6 cm³/mol. The zero-order valence-corrected chi connectivity index (χ0v) is 15.2. The molecule has 3 rings (SSSR count). The summed E-state index contributed by atoms with van der Waals surface area (Å²) in [5.74, 6) is -4.86. The van der Waals surface area contributed by atoms with Gasteiger partial charge in [-0.3, -0.25) is 4.79 Å². The number of hydrogen-bond donors (Lipinski definition) is 0. The Hall–Kier alpha value is -3.22. The fourth-order valence-corrected chi connectivity index (χ4v) is 3.66. The highest BCUT2D eigenvalue weighted by Crippen LogP contribution is 2.29. The third kappa shape index (κ3) is 3.13. The zero-order chi connectivity index (χ0) is 20.6. The van der Waals surface area contributed by atoms with Crippen LogP contribution in [0.2, 0.25) is 0 Å². The fraction of sp³-hybridized carbons (Fsp3) is 0.200. The fourth-order valence-electron chi connectivity index (χ4n) is 2.35. The van der Waals surface area contributed by atoms with Gasteiger partial charge in [0.1, 0.15) is 5.69 Å². The van der Waals surface area contributed by atoms with Crippen molar-refractivity contribution < 1.29 is 31.1 Å². The minimum absolute atomic E-state index is 0.107. The summed E-state index contributed by atoms with van der Waals surface area (Å²) >= 11 is 0. The average Bonchev–Trinajstić information content (AvgIpc) is 3.07. The van der Waals surface area contributed by atoms with Crippen LogP contribution in [0.1, 0.15) is 13.8 Å². The highest BCUT2D eigenvalue weighted by Gasteiger charge is 2.37. The smallest absolute Gasteiger partial charge is 0.319 e. The molecule has 0 radical (unpaired) electrons. The van der Waals surface area contributed by atoms with Crippen molar-refractivity contribution in [2.24, 2.45) is 0 Å². The van der Waals surface area contributed by atoms with Crippen LogP contribution in [-0.4, -0.2) is 40.5 Å². The Balaban J connectivity index is 2.25. The molecular weight excluding hydrogens is 403 g/mol. The average molecular weight is 415 g/mol. The zero-order valence-electron chi connectivity index (χ0n) is 14.4. The van der Waals surface area contributed by atoms with Crippen LogP contribution in [0.3, 0.4) is 0 Å². The van der Waals surface area contributed by atoms with Gasteiger partial charge in [0.15, 0.2) is 23.1 Å². The minimum atomic E-state index is -5.00. The summed E-state index contributed by atoms with van der Waals surface area (Å²) in [4.78, 5) is 19.1. The standard InChI is InChI=1S/C15H12F3N5O4S/c1-3-27-15-19-7-11(18)13-20-14(21-22(13)15)28(25,26)23(8(2)24)12-9(16)5-4-6-10(12)17/h4-7H,3H2,1-2H3. The molecule has 3 aromatic rings. The van der Waals surface area contributed by atoms with Crippen LogP contribution < -0.4 is 9.04 Å². The Morgan fingerprint density at radius 1 is 1.21 bits per heavy atom. The number of benzene rings is 1. The maximum atomic E-state index is 14.1. The number of amides is 1. The molecule has 0 saturated heterocycles. The van der Waals surface area contributed by atoms with Gasteiger partial charge >= 0.3 is 16.0 Å². The minimum Gasteiger partial charge on any atom is -0.464 e. The molecule has 0 aliphatic heterocycles. The lowest BCUT2D eigenvalue weighted by atomic mass is 10.3. The first-order valence-corrected chi connectivity index (χ1v) is 9.16. The van der Waals surface area contributed by atoms with E-state index in [0.717, 1.165) is 31.3 Å². The molecule has 0 aliphatic carbocycles. The van der Waals surface area contributed by atoms with Gasteiger partial charge in [-0.05, 0) is 19.1 Å². The number of aromatic nitrogens is 4. The van der Waals surface area contributed by atoms with E-state index >= 15 is 0 Å². The van der Waals surface area contributed by atoms with Crippen molar-refractivity contribution in [3.63, 3.8) is 0 Å². The predicted octanol–water partition coefficient (Wildman–Crippen LogP) is 1.68. The summed E-state index contributed by atoms with van der Waals surface area (Å²) < 4.78 is 73.6.